The molecule has 2 N–H and O–H groups in total. The van der Waals surface area contributed by atoms with Gasteiger partial charge < -0.3 is 20.1 Å². The molecule has 7 nitrogen and oxygen atoms in total. The summed E-state index contributed by atoms with van der Waals surface area (Å²) in [5.74, 6) is 1.94. The van der Waals surface area contributed by atoms with Crippen LogP contribution in [0.25, 0.3) is 0 Å². The number of anilines is 1. The van der Waals surface area contributed by atoms with Crippen LogP contribution in [-0.2, 0) is 13.0 Å². The van der Waals surface area contributed by atoms with Gasteiger partial charge in [0.1, 0.15) is 12.2 Å². The Balaban J connectivity index is 1.42. The maximum Gasteiger partial charge on any atom is 0.191 e. The van der Waals surface area contributed by atoms with E-state index in [4.69, 9.17) is 4.99 Å². The van der Waals surface area contributed by atoms with Gasteiger partial charge in [-0.25, -0.2) is 0 Å². The van der Waals surface area contributed by atoms with Crippen molar-refractivity contribution in [2.75, 3.05) is 31.6 Å². The number of nitrogens with zero attached hydrogens (tertiary/aromatic N) is 5. The minimum absolute atomic E-state index is 0.587. The third kappa shape index (κ3) is 6.27. The van der Waals surface area contributed by atoms with E-state index in [1.54, 1.807) is 6.33 Å². The normalized spacial score (nSPS) is 14.2. The molecule has 0 amide bonds. The number of hydrogen-bond donors (Lipinski definition) is 2. The topological polar surface area (TPSA) is 70.4 Å². The maximum absolute atomic E-state index is 4.76. The lowest BCUT2D eigenvalue weighted by Gasteiger charge is -2.18. The highest BCUT2D eigenvalue weighted by molar-refractivity contribution is 5.80. The fourth-order valence-electron chi connectivity index (χ4n) is 2.92. The smallest absolute Gasteiger partial charge is 0.191 e. The molecular weight excluding hydrogens is 338 g/mol. The summed E-state index contributed by atoms with van der Waals surface area (Å²) in [5.41, 5.74) is 1.25. The van der Waals surface area contributed by atoms with Crippen LogP contribution in [-0.4, -0.2) is 53.4 Å². The summed E-state index contributed by atoms with van der Waals surface area (Å²) < 4.78 is 2.09. The Morgan fingerprint density at radius 2 is 2.11 bits per heavy atom. The van der Waals surface area contributed by atoms with Crippen LogP contribution in [0.2, 0.25) is 0 Å². The van der Waals surface area contributed by atoms with E-state index < -0.39 is 0 Å². The van der Waals surface area contributed by atoms with E-state index in [0.717, 1.165) is 50.8 Å². The molecule has 1 heterocycles. The summed E-state index contributed by atoms with van der Waals surface area (Å²) in [5, 5.41) is 15.1. The minimum Gasteiger partial charge on any atom is -0.375 e. The Labute approximate surface area is 161 Å². The van der Waals surface area contributed by atoms with Crippen LogP contribution in [0.1, 0.15) is 32.0 Å². The van der Waals surface area contributed by atoms with Crippen LogP contribution >= 0.6 is 0 Å². The van der Waals surface area contributed by atoms with Gasteiger partial charge in [-0.15, -0.1) is 10.2 Å². The molecule has 0 spiro atoms. The summed E-state index contributed by atoms with van der Waals surface area (Å²) in [4.78, 5) is 7.03. The molecule has 146 valence electrons. The van der Waals surface area contributed by atoms with Crippen LogP contribution < -0.4 is 15.5 Å². The second-order valence-electron chi connectivity index (χ2n) is 6.98. The van der Waals surface area contributed by atoms with Crippen LogP contribution in [0.4, 0.5) is 5.69 Å². The molecule has 1 fully saturated rings. The SMILES string of the molecule is CCc1nncn1CCNC(=NCCCN(C)c1ccccc1)NC1CC1. The van der Waals surface area contributed by atoms with Gasteiger partial charge in [0, 0.05) is 51.4 Å². The lowest BCUT2D eigenvalue weighted by molar-refractivity contribution is 0.630. The summed E-state index contributed by atoms with van der Waals surface area (Å²) in [6.07, 6.45) is 6.20. The molecule has 0 radical (unpaired) electrons. The van der Waals surface area contributed by atoms with E-state index in [1.165, 1.54) is 18.5 Å². The lowest BCUT2D eigenvalue weighted by Crippen LogP contribution is -2.40. The molecule has 1 aliphatic carbocycles. The van der Waals surface area contributed by atoms with Crippen molar-refractivity contribution >= 4 is 11.6 Å². The van der Waals surface area contributed by atoms with Crippen molar-refractivity contribution in [3.8, 4) is 0 Å². The highest BCUT2D eigenvalue weighted by atomic mass is 15.3. The summed E-state index contributed by atoms with van der Waals surface area (Å²) >= 11 is 0. The van der Waals surface area contributed by atoms with Crippen molar-refractivity contribution < 1.29 is 0 Å². The summed E-state index contributed by atoms with van der Waals surface area (Å²) in [6, 6.07) is 11.1. The molecule has 0 atom stereocenters. The number of nitrogens with one attached hydrogen (secondary N) is 2. The number of benzene rings is 1. The molecular formula is C20H31N7. The summed E-state index contributed by atoms with van der Waals surface area (Å²) in [7, 11) is 2.13. The van der Waals surface area contributed by atoms with E-state index in [0.29, 0.717) is 6.04 Å². The Bertz CT molecular complexity index is 706. The molecule has 0 aliphatic heterocycles. The Morgan fingerprint density at radius 3 is 2.85 bits per heavy atom. The predicted octanol–water partition coefficient (Wildman–Crippen LogP) is 2.06. The van der Waals surface area contributed by atoms with Crippen LogP contribution in [0, 0.1) is 0 Å². The molecule has 1 aliphatic rings. The van der Waals surface area contributed by atoms with Crippen molar-refractivity contribution in [1.82, 2.24) is 25.4 Å². The maximum atomic E-state index is 4.76. The number of aryl methyl sites for hydroxylation is 1. The van der Waals surface area contributed by atoms with E-state index in [2.05, 4.69) is 68.5 Å². The fraction of sp³-hybridized carbons (Fsp3) is 0.550. The molecule has 0 saturated heterocycles. The van der Waals surface area contributed by atoms with Gasteiger partial charge in [0.25, 0.3) is 0 Å². The van der Waals surface area contributed by atoms with Gasteiger partial charge in [-0.3, -0.25) is 4.99 Å². The van der Waals surface area contributed by atoms with Crippen LogP contribution in [0.15, 0.2) is 41.7 Å². The van der Waals surface area contributed by atoms with Crippen molar-refractivity contribution in [2.24, 2.45) is 4.99 Å². The monoisotopic (exact) mass is 369 g/mol. The number of aromatic nitrogens is 3. The fourth-order valence-corrected chi connectivity index (χ4v) is 2.92. The second kappa shape index (κ2) is 9.94. The van der Waals surface area contributed by atoms with E-state index >= 15 is 0 Å². The Kier molecular flexibility index (Phi) is 7.07. The van der Waals surface area contributed by atoms with Crippen molar-refractivity contribution in [3.63, 3.8) is 0 Å². The number of aliphatic imine (C=N–C) groups is 1. The van der Waals surface area contributed by atoms with Gasteiger partial charge in [0.15, 0.2) is 5.96 Å². The largest absolute Gasteiger partial charge is 0.375 e. The number of hydrogen-bond acceptors (Lipinski definition) is 4. The Hall–Kier alpha value is -2.57. The zero-order valence-electron chi connectivity index (χ0n) is 16.4. The van der Waals surface area contributed by atoms with Crippen molar-refractivity contribution in [1.29, 1.82) is 0 Å². The van der Waals surface area contributed by atoms with E-state index in [1.807, 2.05) is 6.07 Å². The van der Waals surface area contributed by atoms with E-state index in [9.17, 15) is 0 Å². The minimum atomic E-state index is 0.587. The number of rotatable bonds is 10. The predicted molar refractivity (Wildman–Crippen MR) is 110 cm³/mol. The highest BCUT2D eigenvalue weighted by Gasteiger charge is 2.22. The molecule has 2 aromatic rings. The van der Waals surface area contributed by atoms with E-state index in [-0.39, 0.29) is 0 Å². The third-order valence-corrected chi connectivity index (χ3v) is 4.69. The number of guanidine groups is 1. The first-order chi connectivity index (χ1) is 13.3. The third-order valence-electron chi connectivity index (χ3n) is 4.69. The molecule has 0 bridgehead atoms. The molecule has 0 unspecified atom stereocenters. The molecule has 3 rings (SSSR count). The first-order valence-corrected chi connectivity index (χ1v) is 9.94. The standard InChI is InChI=1S/C20H31N7/c1-3-19-25-23-16-27(19)15-13-22-20(24-17-10-11-17)21-12-7-14-26(2)18-8-5-4-6-9-18/h4-6,8-9,16-17H,3,7,10-15H2,1-2H3,(H2,21,22,24). The Morgan fingerprint density at radius 1 is 1.30 bits per heavy atom. The molecule has 1 aromatic heterocycles. The lowest BCUT2D eigenvalue weighted by atomic mass is 10.3. The van der Waals surface area contributed by atoms with Gasteiger partial charge in [0.05, 0.1) is 0 Å². The van der Waals surface area contributed by atoms with Crippen molar-refractivity contribution in [2.45, 2.75) is 45.2 Å². The molecule has 7 heteroatoms. The van der Waals surface area contributed by atoms with Gasteiger partial charge >= 0.3 is 0 Å². The molecule has 1 aromatic carbocycles. The second-order valence-corrected chi connectivity index (χ2v) is 6.98. The first kappa shape index (κ1) is 19.2. The average molecular weight is 370 g/mol. The van der Waals surface area contributed by atoms with Crippen LogP contribution in [0.3, 0.4) is 0 Å². The van der Waals surface area contributed by atoms with Gasteiger partial charge in [0.2, 0.25) is 0 Å². The number of para-hydroxylation sites is 1. The zero-order valence-corrected chi connectivity index (χ0v) is 16.4. The highest BCUT2D eigenvalue weighted by Crippen LogP contribution is 2.18. The average Bonchev–Trinajstić information content (AvgIpc) is 3.40. The van der Waals surface area contributed by atoms with Gasteiger partial charge in [-0.2, -0.15) is 0 Å². The molecule has 27 heavy (non-hydrogen) atoms. The quantitative estimate of drug-likeness (QED) is 0.381. The van der Waals surface area contributed by atoms with Gasteiger partial charge in [-0.05, 0) is 31.4 Å². The van der Waals surface area contributed by atoms with Crippen LogP contribution in [0.5, 0.6) is 0 Å². The summed E-state index contributed by atoms with van der Waals surface area (Å²) in [6.45, 7) is 5.56. The van der Waals surface area contributed by atoms with Crippen molar-refractivity contribution in [3.05, 3.63) is 42.5 Å². The molecule has 1 saturated carbocycles. The first-order valence-electron chi connectivity index (χ1n) is 9.94. The zero-order chi connectivity index (χ0) is 18.9. The van der Waals surface area contributed by atoms with Gasteiger partial charge in [-0.1, -0.05) is 25.1 Å².